The molecule has 0 aromatic heterocycles. The van der Waals surface area contributed by atoms with E-state index in [4.69, 9.17) is 5.73 Å². The lowest BCUT2D eigenvalue weighted by molar-refractivity contribution is -0.140. The summed E-state index contributed by atoms with van der Waals surface area (Å²) in [5.41, 5.74) is 3.57. The predicted molar refractivity (Wildman–Crippen MR) is 65.7 cm³/mol. The predicted octanol–water partition coefficient (Wildman–Crippen LogP) is 3.16. The van der Waals surface area contributed by atoms with E-state index in [0.29, 0.717) is 12.1 Å². The van der Waals surface area contributed by atoms with Crippen LogP contribution in [0.4, 0.5) is 32.0 Å². The molecule has 1 amide bonds. The van der Waals surface area contributed by atoms with Crippen LogP contribution in [0.1, 0.15) is 18.4 Å². The van der Waals surface area contributed by atoms with Gasteiger partial charge in [-0.3, -0.25) is 4.79 Å². The molecule has 122 valence electrons. The van der Waals surface area contributed by atoms with E-state index >= 15 is 0 Å². The lowest BCUT2D eigenvalue weighted by Crippen LogP contribution is -2.34. The van der Waals surface area contributed by atoms with Crippen molar-refractivity contribution in [3.63, 3.8) is 0 Å². The van der Waals surface area contributed by atoms with Crippen LogP contribution in [0.2, 0.25) is 0 Å². The zero-order chi connectivity index (χ0) is 16.7. The molecular weight excluding hydrogens is 314 g/mol. The van der Waals surface area contributed by atoms with E-state index in [-0.39, 0.29) is 5.69 Å². The normalized spacial score (nSPS) is 24.3. The Kier molecular flexibility index (Phi) is 4.12. The van der Waals surface area contributed by atoms with Gasteiger partial charge in [-0.15, -0.1) is 0 Å². The van der Waals surface area contributed by atoms with E-state index in [1.165, 1.54) is 0 Å². The standard InChI is InChI=1S/C13H12F6N2O/c14-9-2-1-6(3-8(9)13(17,18)19)21-11(22)7-4-12(15,16)5-10(7)20/h1-3,7,10H,4-5,20H2,(H,21,22). The lowest BCUT2D eigenvalue weighted by Gasteiger charge is -2.16. The number of carbonyl (C=O) groups is 1. The van der Waals surface area contributed by atoms with Crippen molar-refractivity contribution >= 4 is 11.6 Å². The van der Waals surface area contributed by atoms with E-state index in [1.54, 1.807) is 0 Å². The van der Waals surface area contributed by atoms with Crippen molar-refractivity contribution < 1.29 is 31.1 Å². The van der Waals surface area contributed by atoms with Crippen molar-refractivity contribution in [3.05, 3.63) is 29.6 Å². The Hall–Kier alpha value is -1.77. The van der Waals surface area contributed by atoms with Crippen molar-refractivity contribution in [2.24, 2.45) is 11.7 Å². The number of benzene rings is 1. The molecule has 2 atom stereocenters. The second-order valence-electron chi connectivity index (χ2n) is 5.22. The number of amides is 1. The zero-order valence-electron chi connectivity index (χ0n) is 11.1. The molecule has 2 unspecified atom stereocenters. The van der Waals surface area contributed by atoms with Gasteiger partial charge in [-0.25, -0.2) is 13.2 Å². The Labute approximate surface area is 121 Å². The van der Waals surface area contributed by atoms with E-state index in [1.807, 2.05) is 0 Å². The van der Waals surface area contributed by atoms with Crippen LogP contribution in [0.5, 0.6) is 0 Å². The molecule has 0 spiro atoms. The van der Waals surface area contributed by atoms with E-state index in [2.05, 4.69) is 5.32 Å². The molecule has 1 fully saturated rings. The first-order chi connectivity index (χ1) is 9.99. The molecule has 9 heteroatoms. The zero-order valence-corrected chi connectivity index (χ0v) is 11.1. The van der Waals surface area contributed by atoms with Crippen LogP contribution < -0.4 is 11.1 Å². The molecule has 22 heavy (non-hydrogen) atoms. The van der Waals surface area contributed by atoms with Crippen LogP contribution in [-0.4, -0.2) is 17.9 Å². The first kappa shape index (κ1) is 16.6. The van der Waals surface area contributed by atoms with Crippen LogP contribution in [0.3, 0.4) is 0 Å². The Morgan fingerprint density at radius 3 is 2.41 bits per heavy atom. The van der Waals surface area contributed by atoms with Gasteiger partial charge in [0.2, 0.25) is 5.91 Å². The molecule has 3 nitrogen and oxygen atoms in total. The van der Waals surface area contributed by atoms with Gasteiger partial charge in [0.05, 0.1) is 11.5 Å². The van der Waals surface area contributed by atoms with Gasteiger partial charge in [-0.05, 0) is 18.2 Å². The molecule has 0 radical (unpaired) electrons. The molecule has 0 bridgehead atoms. The number of hydrogen-bond donors (Lipinski definition) is 2. The summed E-state index contributed by atoms with van der Waals surface area (Å²) in [6.45, 7) is 0. The monoisotopic (exact) mass is 326 g/mol. The minimum atomic E-state index is -4.93. The summed E-state index contributed by atoms with van der Waals surface area (Å²) in [5, 5.41) is 2.07. The van der Waals surface area contributed by atoms with Gasteiger partial charge in [0.1, 0.15) is 5.82 Å². The van der Waals surface area contributed by atoms with Crippen molar-refractivity contribution in [2.75, 3.05) is 5.32 Å². The Morgan fingerprint density at radius 2 is 1.91 bits per heavy atom. The third kappa shape index (κ3) is 3.52. The molecule has 1 saturated carbocycles. The average Bonchev–Trinajstić information content (AvgIpc) is 2.64. The van der Waals surface area contributed by atoms with Crippen LogP contribution in [0.15, 0.2) is 18.2 Å². The number of halogens is 6. The summed E-state index contributed by atoms with van der Waals surface area (Å²) < 4.78 is 77.1. The van der Waals surface area contributed by atoms with Crippen LogP contribution in [0.25, 0.3) is 0 Å². The fourth-order valence-electron chi connectivity index (χ4n) is 2.39. The number of hydrogen-bond acceptors (Lipinski definition) is 2. The summed E-state index contributed by atoms with van der Waals surface area (Å²) in [7, 11) is 0. The van der Waals surface area contributed by atoms with Crippen LogP contribution in [-0.2, 0) is 11.0 Å². The fraction of sp³-hybridized carbons (Fsp3) is 0.462. The maximum atomic E-state index is 13.2. The first-order valence-corrected chi connectivity index (χ1v) is 6.30. The number of rotatable bonds is 2. The Balaban J connectivity index is 2.16. The molecule has 0 saturated heterocycles. The second-order valence-corrected chi connectivity index (χ2v) is 5.22. The van der Waals surface area contributed by atoms with Gasteiger partial charge < -0.3 is 11.1 Å². The van der Waals surface area contributed by atoms with Gasteiger partial charge in [0, 0.05) is 24.6 Å². The number of nitrogens with two attached hydrogens (primary N) is 1. The van der Waals surface area contributed by atoms with Gasteiger partial charge in [-0.2, -0.15) is 13.2 Å². The molecular formula is C13H12F6N2O. The third-order valence-electron chi connectivity index (χ3n) is 3.45. The van der Waals surface area contributed by atoms with E-state index < -0.39 is 54.2 Å². The number of carbonyl (C=O) groups excluding carboxylic acids is 1. The smallest absolute Gasteiger partial charge is 0.327 e. The largest absolute Gasteiger partial charge is 0.419 e. The highest BCUT2D eigenvalue weighted by Gasteiger charge is 2.47. The summed E-state index contributed by atoms with van der Waals surface area (Å²) >= 11 is 0. The third-order valence-corrected chi connectivity index (χ3v) is 3.45. The summed E-state index contributed by atoms with van der Waals surface area (Å²) in [6, 6.07) is 0.784. The highest BCUT2D eigenvalue weighted by Crippen LogP contribution is 2.39. The topological polar surface area (TPSA) is 55.1 Å². The minimum Gasteiger partial charge on any atom is -0.327 e. The van der Waals surface area contributed by atoms with Crippen molar-refractivity contribution in [1.29, 1.82) is 0 Å². The SMILES string of the molecule is NC1CC(F)(F)CC1C(=O)Nc1ccc(F)c(C(F)(F)F)c1. The van der Waals surface area contributed by atoms with Gasteiger partial charge >= 0.3 is 6.18 Å². The maximum Gasteiger partial charge on any atom is 0.419 e. The van der Waals surface area contributed by atoms with Gasteiger partial charge in [-0.1, -0.05) is 0 Å². The molecule has 0 aliphatic heterocycles. The molecule has 0 heterocycles. The number of nitrogens with one attached hydrogen (secondary N) is 1. The van der Waals surface area contributed by atoms with E-state index in [9.17, 15) is 31.1 Å². The number of alkyl halides is 5. The quantitative estimate of drug-likeness (QED) is 0.820. The average molecular weight is 326 g/mol. The Morgan fingerprint density at radius 1 is 1.27 bits per heavy atom. The first-order valence-electron chi connectivity index (χ1n) is 6.30. The van der Waals surface area contributed by atoms with Crippen molar-refractivity contribution in [2.45, 2.75) is 31.0 Å². The maximum absolute atomic E-state index is 13.2. The summed E-state index contributed by atoms with van der Waals surface area (Å²) in [6.07, 6.45) is -6.36. The summed E-state index contributed by atoms with van der Waals surface area (Å²) in [4.78, 5) is 11.9. The van der Waals surface area contributed by atoms with Gasteiger partial charge in [0.25, 0.3) is 5.92 Å². The molecule has 2 rings (SSSR count). The fourth-order valence-corrected chi connectivity index (χ4v) is 2.39. The van der Waals surface area contributed by atoms with Gasteiger partial charge in [0.15, 0.2) is 0 Å². The Bertz CT molecular complexity index is 586. The highest BCUT2D eigenvalue weighted by molar-refractivity contribution is 5.93. The molecule has 1 aromatic carbocycles. The van der Waals surface area contributed by atoms with Crippen molar-refractivity contribution in [3.8, 4) is 0 Å². The lowest BCUT2D eigenvalue weighted by atomic mass is 10.0. The molecule has 3 N–H and O–H groups in total. The highest BCUT2D eigenvalue weighted by atomic mass is 19.4. The number of anilines is 1. The van der Waals surface area contributed by atoms with Crippen LogP contribution in [0, 0.1) is 11.7 Å². The van der Waals surface area contributed by atoms with Crippen LogP contribution >= 0.6 is 0 Å². The minimum absolute atomic E-state index is 0.332. The molecule has 1 aromatic rings. The summed E-state index contributed by atoms with van der Waals surface area (Å²) in [5.74, 6) is -6.70. The second kappa shape index (κ2) is 5.45. The molecule has 1 aliphatic rings. The van der Waals surface area contributed by atoms with Crippen molar-refractivity contribution in [1.82, 2.24) is 0 Å². The molecule has 1 aliphatic carbocycles. The van der Waals surface area contributed by atoms with E-state index in [0.717, 1.165) is 6.07 Å².